The molecular formula is C14H17N3OS. The summed E-state index contributed by atoms with van der Waals surface area (Å²) >= 11 is 1.27. The first kappa shape index (κ1) is 13.5. The molecule has 2 aromatic rings. The number of thiazole rings is 1. The lowest BCUT2D eigenvalue weighted by Crippen LogP contribution is -2.36. The average Bonchev–Trinajstić information content (AvgIpc) is 2.84. The molecule has 0 bridgehead atoms. The molecule has 0 spiro atoms. The number of amides is 1. The summed E-state index contributed by atoms with van der Waals surface area (Å²) in [5.74, 6) is -0.183. The van der Waals surface area contributed by atoms with Crippen LogP contribution in [0.3, 0.4) is 0 Å². The van der Waals surface area contributed by atoms with Gasteiger partial charge in [-0.3, -0.25) is 4.79 Å². The van der Waals surface area contributed by atoms with Crippen molar-refractivity contribution in [1.29, 1.82) is 0 Å². The van der Waals surface area contributed by atoms with Crippen molar-refractivity contribution in [2.24, 2.45) is 0 Å². The lowest BCUT2D eigenvalue weighted by atomic mass is 9.84. The Morgan fingerprint density at radius 2 is 2.05 bits per heavy atom. The number of carbonyl (C=O) groups excluding carboxylic acids is 1. The zero-order valence-corrected chi connectivity index (χ0v) is 11.8. The van der Waals surface area contributed by atoms with Crippen LogP contribution in [0.1, 0.15) is 29.9 Å². The second kappa shape index (κ2) is 5.40. The number of rotatable bonds is 4. The van der Waals surface area contributed by atoms with E-state index in [0.29, 0.717) is 17.4 Å². The zero-order valence-electron chi connectivity index (χ0n) is 11.0. The Labute approximate surface area is 116 Å². The van der Waals surface area contributed by atoms with Crippen molar-refractivity contribution >= 4 is 22.4 Å². The minimum Gasteiger partial charge on any atom is -0.375 e. The van der Waals surface area contributed by atoms with Crippen molar-refractivity contribution in [3.8, 4) is 0 Å². The molecule has 19 heavy (non-hydrogen) atoms. The number of benzene rings is 1. The first-order chi connectivity index (χ1) is 8.99. The molecule has 0 saturated heterocycles. The van der Waals surface area contributed by atoms with E-state index in [4.69, 9.17) is 5.73 Å². The van der Waals surface area contributed by atoms with Gasteiger partial charge in [0.25, 0.3) is 5.91 Å². The van der Waals surface area contributed by atoms with Gasteiger partial charge in [0.05, 0.1) is 0 Å². The Kier molecular flexibility index (Phi) is 3.85. The van der Waals surface area contributed by atoms with E-state index in [2.05, 4.69) is 36.3 Å². The van der Waals surface area contributed by atoms with Crippen LogP contribution in [-0.4, -0.2) is 17.4 Å². The summed E-state index contributed by atoms with van der Waals surface area (Å²) in [6, 6.07) is 10.1. The number of hydrogen-bond acceptors (Lipinski definition) is 4. The Morgan fingerprint density at radius 1 is 1.37 bits per heavy atom. The van der Waals surface area contributed by atoms with E-state index in [1.54, 1.807) is 5.38 Å². The molecule has 0 aliphatic rings. The third kappa shape index (κ3) is 3.32. The topological polar surface area (TPSA) is 68.0 Å². The number of aromatic nitrogens is 1. The molecule has 0 saturated carbocycles. The minimum atomic E-state index is -0.183. The lowest BCUT2D eigenvalue weighted by Gasteiger charge is -2.25. The molecule has 4 nitrogen and oxygen atoms in total. The fourth-order valence-corrected chi connectivity index (χ4v) is 2.32. The number of anilines is 1. The fraction of sp³-hybridized carbons (Fsp3) is 0.286. The molecule has 1 aromatic carbocycles. The maximum absolute atomic E-state index is 11.9. The standard InChI is InChI=1S/C14H17N3OS/c1-14(2,10-6-4-3-5-7-10)9-16-12(18)11-8-19-13(15)17-11/h3-8H,9H2,1-2H3,(H2,15,17)(H,16,18). The highest BCUT2D eigenvalue weighted by Gasteiger charge is 2.21. The van der Waals surface area contributed by atoms with Crippen LogP contribution in [0.15, 0.2) is 35.7 Å². The number of hydrogen-bond donors (Lipinski definition) is 2. The van der Waals surface area contributed by atoms with Crippen LogP contribution in [0.5, 0.6) is 0 Å². The van der Waals surface area contributed by atoms with E-state index < -0.39 is 0 Å². The third-order valence-corrected chi connectivity index (χ3v) is 3.67. The van der Waals surface area contributed by atoms with E-state index in [1.807, 2.05) is 18.2 Å². The second-order valence-electron chi connectivity index (χ2n) is 5.00. The Hall–Kier alpha value is -1.88. The molecule has 5 heteroatoms. The molecule has 1 heterocycles. The van der Waals surface area contributed by atoms with Gasteiger partial charge in [0.2, 0.25) is 0 Å². The van der Waals surface area contributed by atoms with Crippen LogP contribution < -0.4 is 11.1 Å². The van der Waals surface area contributed by atoms with Gasteiger partial charge in [-0.05, 0) is 5.56 Å². The van der Waals surface area contributed by atoms with Crippen molar-refractivity contribution in [2.75, 3.05) is 12.3 Å². The van der Waals surface area contributed by atoms with Gasteiger partial charge >= 0.3 is 0 Å². The third-order valence-electron chi connectivity index (χ3n) is 3.00. The Bertz CT molecular complexity index is 563. The molecule has 0 unspecified atom stereocenters. The molecule has 0 aliphatic heterocycles. The van der Waals surface area contributed by atoms with Gasteiger partial charge in [0.15, 0.2) is 5.13 Å². The molecule has 0 aliphatic carbocycles. The van der Waals surface area contributed by atoms with Gasteiger partial charge in [0, 0.05) is 17.3 Å². The first-order valence-electron chi connectivity index (χ1n) is 6.04. The molecule has 0 atom stereocenters. The maximum atomic E-state index is 11.9. The summed E-state index contributed by atoms with van der Waals surface area (Å²) in [7, 11) is 0. The summed E-state index contributed by atoms with van der Waals surface area (Å²) in [4.78, 5) is 15.9. The summed E-state index contributed by atoms with van der Waals surface area (Å²) in [6.07, 6.45) is 0. The van der Waals surface area contributed by atoms with E-state index in [0.717, 1.165) is 0 Å². The lowest BCUT2D eigenvalue weighted by molar-refractivity contribution is 0.0941. The number of carbonyl (C=O) groups is 1. The molecule has 100 valence electrons. The quantitative estimate of drug-likeness (QED) is 0.900. The van der Waals surface area contributed by atoms with Gasteiger partial charge in [-0.1, -0.05) is 44.2 Å². The highest BCUT2D eigenvalue weighted by atomic mass is 32.1. The van der Waals surface area contributed by atoms with Crippen molar-refractivity contribution in [3.05, 3.63) is 47.0 Å². The largest absolute Gasteiger partial charge is 0.375 e. The van der Waals surface area contributed by atoms with E-state index in [9.17, 15) is 4.79 Å². The highest BCUT2D eigenvalue weighted by Crippen LogP contribution is 2.22. The van der Waals surface area contributed by atoms with Gasteiger partial charge in [-0.15, -0.1) is 11.3 Å². The number of nitrogens with two attached hydrogens (primary N) is 1. The molecule has 1 aromatic heterocycles. The number of nitrogens with zero attached hydrogens (tertiary/aromatic N) is 1. The SMILES string of the molecule is CC(C)(CNC(=O)c1csc(N)n1)c1ccccc1. The minimum absolute atomic E-state index is 0.127. The van der Waals surface area contributed by atoms with Crippen molar-refractivity contribution in [3.63, 3.8) is 0 Å². The summed E-state index contributed by atoms with van der Waals surface area (Å²) < 4.78 is 0. The predicted octanol–water partition coefficient (Wildman–Crippen LogP) is 2.43. The zero-order chi connectivity index (χ0) is 13.9. The van der Waals surface area contributed by atoms with E-state index in [-0.39, 0.29) is 11.3 Å². The normalized spacial score (nSPS) is 11.3. The van der Waals surface area contributed by atoms with E-state index >= 15 is 0 Å². The smallest absolute Gasteiger partial charge is 0.270 e. The van der Waals surface area contributed by atoms with Crippen LogP contribution >= 0.6 is 11.3 Å². The number of nitrogens with one attached hydrogen (secondary N) is 1. The van der Waals surface area contributed by atoms with Crippen molar-refractivity contribution in [2.45, 2.75) is 19.3 Å². The van der Waals surface area contributed by atoms with E-state index in [1.165, 1.54) is 16.9 Å². The van der Waals surface area contributed by atoms with Gasteiger partial charge < -0.3 is 11.1 Å². The van der Waals surface area contributed by atoms with Crippen LogP contribution in [0, 0.1) is 0 Å². The van der Waals surface area contributed by atoms with Crippen LogP contribution in [0.2, 0.25) is 0 Å². The van der Waals surface area contributed by atoms with Crippen LogP contribution in [-0.2, 0) is 5.41 Å². The molecular weight excluding hydrogens is 258 g/mol. The Balaban J connectivity index is 2.00. The van der Waals surface area contributed by atoms with Crippen LogP contribution in [0.25, 0.3) is 0 Å². The molecule has 2 rings (SSSR count). The summed E-state index contributed by atoms with van der Waals surface area (Å²) in [6.45, 7) is 4.74. The monoisotopic (exact) mass is 275 g/mol. The second-order valence-corrected chi connectivity index (χ2v) is 5.89. The molecule has 3 N–H and O–H groups in total. The van der Waals surface area contributed by atoms with Crippen molar-refractivity contribution in [1.82, 2.24) is 10.3 Å². The summed E-state index contributed by atoms with van der Waals surface area (Å²) in [5, 5.41) is 4.98. The molecule has 0 fully saturated rings. The van der Waals surface area contributed by atoms with Crippen LogP contribution in [0.4, 0.5) is 5.13 Å². The van der Waals surface area contributed by atoms with Gasteiger partial charge in [-0.2, -0.15) is 0 Å². The maximum Gasteiger partial charge on any atom is 0.270 e. The molecule has 1 amide bonds. The first-order valence-corrected chi connectivity index (χ1v) is 6.92. The van der Waals surface area contributed by atoms with Gasteiger partial charge in [0.1, 0.15) is 5.69 Å². The summed E-state index contributed by atoms with van der Waals surface area (Å²) in [5.41, 5.74) is 6.96. The Morgan fingerprint density at radius 3 is 2.63 bits per heavy atom. The average molecular weight is 275 g/mol. The van der Waals surface area contributed by atoms with Gasteiger partial charge in [-0.25, -0.2) is 4.98 Å². The highest BCUT2D eigenvalue weighted by molar-refractivity contribution is 7.13. The molecule has 0 radical (unpaired) electrons. The van der Waals surface area contributed by atoms with Crippen molar-refractivity contribution < 1.29 is 4.79 Å². The number of nitrogen functional groups attached to an aromatic ring is 1. The fourth-order valence-electron chi connectivity index (χ4n) is 1.78. The predicted molar refractivity (Wildman–Crippen MR) is 78.3 cm³/mol.